The van der Waals surface area contributed by atoms with Gasteiger partial charge in [-0.25, -0.2) is 24.4 Å². The molecule has 0 radical (unpaired) electrons. The average molecular weight is 1020 g/mol. The monoisotopic (exact) mass is 1020 g/mol. The molecule has 2 aliphatic heterocycles. The van der Waals surface area contributed by atoms with Crippen LogP contribution in [0.25, 0.3) is 0 Å². The smallest absolute Gasteiger partial charge is 0.281 e. The summed E-state index contributed by atoms with van der Waals surface area (Å²) >= 11 is 5.80. The number of hydrogen-bond acceptors (Lipinski definition) is 14. The van der Waals surface area contributed by atoms with E-state index >= 15 is 0 Å². The van der Waals surface area contributed by atoms with Crippen LogP contribution in [0.3, 0.4) is 0 Å². The van der Waals surface area contributed by atoms with Crippen LogP contribution in [0.2, 0.25) is 5.15 Å². The topological polar surface area (TPSA) is 203 Å². The molecular formula is C51H65ClN8O8S2. The van der Waals surface area contributed by atoms with E-state index in [0.29, 0.717) is 23.5 Å². The van der Waals surface area contributed by atoms with E-state index in [9.17, 15) is 26.4 Å². The number of hydrogen-bond donors (Lipinski definition) is 2. The molecule has 7 rings (SSSR count). The number of halogens is 1. The van der Waals surface area contributed by atoms with Gasteiger partial charge >= 0.3 is 0 Å². The molecule has 0 spiro atoms. The Kier molecular flexibility index (Phi) is 15.9. The van der Waals surface area contributed by atoms with Gasteiger partial charge in [-0.3, -0.25) is 9.59 Å². The van der Waals surface area contributed by atoms with Crippen LogP contribution in [0.5, 0.6) is 11.6 Å². The summed E-state index contributed by atoms with van der Waals surface area (Å²) in [6.07, 6.45) is 1.88. The second kappa shape index (κ2) is 20.9. The van der Waals surface area contributed by atoms with Crippen molar-refractivity contribution in [3.8, 4) is 11.6 Å². The summed E-state index contributed by atoms with van der Waals surface area (Å²) in [6.45, 7) is 24.6. The molecule has 0 aliphatic carbocycles. The number of methoxy groups -OCH3 is 1. The van der Waals surface area contributed by atoms with Crippen LogP contribution < -0.4 is 28.7 Å². The van der Waals surface area contributed by atoms with Crippen molar-refractivity contribution in [3.63, 3.8) is 0 Å². The highest BCUT2D eigenvalue weighted by atomic mass is 35.5. The zero-order valence-electron chi connectivity index (χ0n) is 42.0. The number of amides is 2. The Hall–Kier alpha value is -5.85. The van der Waals surface area contributed by atoms with Gasteiger partial charge in [-0.15, -0.1) is 0 Å². The Balaban J connectivity index is 0.000000239. The number of ether oxygens (including phenoxy) is 2. The molecule has 70 heavy (non-hydrogen) atoms. The van der Waals surface area contributed by atoms with Crippen LogP contribution in [-0.2, 0) is 32.1 Å². The standard InChI is InChI=1S/C30H38N4O5S.C21H27ClN4O3S/c1-20-17-30(5,6)34(18-20)27-23(15-16-24(31-27)29(2,3)4)28(35)33-40(36,37)26-10-8-9-25(32-26)39-19-21-11-13-22(38-7)14-12-21;1-13(2)16-10-9-15(19(23-16)26-12-14(3)11-21(26,4)5)20(27)25-30(28,29)18-8-6-7-17(22)24-18/h8-16,20H,17-19H2,1-7H3,(H,33,35);6-10,13-14H,11-12H2,1-5H3,(H,25,27). The molecule has 2 aliphatic rings. The molecule has 4 aromatic heterocycles. The maximum absolute atomic E-state index is 13.5. The van der Waals surface area contributed by atoms with Crippen molar-refractivity contribution in [2.75, 3.05) is 30.0 Å². The molecule has 1 aromatic carbocycles. The normalized spacial score (nSPS) is 17.7. The average Bonchev–Trinajstić information content (AvgIpc) is 3.74. The van der Waals surface area contributed by atoms with Gasteiger partial charge < -0.3 is 19.3 Å². The lowest BCUT2D eigenvalue weighted by atomic mass is 9.91. The maximum Gasteiger partial charge on any atom is 0.281 e. The van der Waals surface area contributed by atoms with E-state index < -0.39 is 31.9 Å². The molecule has 2 atom stereocenters. The first-order valence-corrected chi connectivity index (χ1v) is 26.5. The number of sulfonamides is 2. The Morgan fingerprint density at radius 1 is 0.714 bits per heavy atom. The summed E-state index contributed by atoms with van der Waals surface area (Å²) in [7, 11) is -6.88. The Morgan fingerprint density at radius 3 is 1.69 bits per heavy atom. The van der Waals surface area contributed by atoms with Crippen molar-refractivity contribution >= 4 is 55.1 Å². The summed E-state index contributed by atoms with van der Waals surface area (Å²) < 4.78 is 67.0. The van der Waals surface area contributed by atoms with Gasteiger partial charge in [0.05, 0.1) is 18.2 Å². The second-order valence-corrected chi connectivity index (χ2v) is 24.3. The molecule has 0 saturated carbocycles. The molecule has 16 nitrogen and oxygen atoms in total. The van der Waals surface area contributed by atoms with Gasteiger partial charge in [0.25, 0.3) is 31.9 Å². The maximum atomic E-state index is 13.5. The number of pyridine rings is 4. The van der Waals surface area contributed by atoms with Gasteiger partial charge in [-0.1, -0.05) is 84.3 Å². The summed E-state index contributed by atoms with van der Waals surface area (Å²) in [6, 6.07) is 22.8. The first kappa shape index (κ1) is 53.5. The van der Waals surface area contributed by atoms with Gasteiger partial charge in [-0.05, 0) is 118 Å². The van der Waals surface area contributed by atoms with Gasteiger partial charge in [0.1, 0.15) is 29.1 Å². The lowest BCUT2D eigenvalue weighted by Crippen LogP contribution is -2.41. The van der Waals surface area contributed by atoms with Crippen LogP contribution >= 0.6 is 11.6 Å². The highest BCUT2D eigenvalue weighted by Crippen LogP contribution is 2.40. The van der Waals surface area contributed by atoms with Crippen molar-refractivity contribution in [2.45, 2.75) is 128 Å². The minimum absolute atomic E-state index is 0.0294. The molecule has 2 unspecified atom stereocenters. The van der Waals surface area contributed by atoms with E-state index in [1.54, 1.807) is 37.4 Å². The molecule has 0 bridgehead atoms. The largest absolute Gasteiger partial charge is 0.497 e. The molecule has 376 valence electrons. The van der Waals surface area contributed by atoms with E-state index in [2.05, 4.69) is 91.5 Å². The SMILES string of the molecule is CC1CN(c2nc(C(C)C)ccc2C(=O)NS(=O)(=O)c2cccc(Cl)n2)C(C)(C)C1.COc1ccc(COc2cccc(S(=O)(=O)NC(=O)c3ccc(C(C)(C)C)nc3N3CC(C)CC3(C)C)n2)cc1. The molecule has 19 heteroatoms. The lowest BCUT2D eigenvalue weighted by Gasteiger charge is -2.34. The fraction of sp³-hybridized carbons (Fsp3) is 0.451. The minimum atomic E-state index is -4.29. The molecular weight excluding hydrogens is 952 g/mol. The van der Waals surface area contributed by atoms with E-state index in [1.807, 2.05) is 38.1 Å². The number of benzene rings is 1. The number of aromatic nitrogens is 4. The number of carbonyl (C=O) groups is 2. The first-order valence-electron chi connectivity index (χ1n) is 23.2. The molecule has 2 saturated heterocycles. The highest BCUT2D eigenvalue weighted by molar-refractivity contribution is 7.90. The number of rotatable bonds is 13. The molecule has 2 fully saturated rings. The summed E-state index contributed by atoms with van der Waals surface area (Å²) in [4.78, 5) is 48.3. The van der Waals surface area contributed by atoms with Crippen molar-refractivity contribution in [1.82, 2.24) is 29.4 Å². The molecule has 2 amide bonds. The summed E-state index contributed by atoms with van der Waals surface area (Å²) in [5.41, 5.74) is 2.25. The fourth-order valence-corrected chi connectivity index (χ4v) is 10.9. The third-order valence-corrected chi connectivity index (χ3v) is 14.9. The second-order valence-electron chi connectivity index (χ2n) is 20.7. The number of nitrogens with zero attached hydrogens (tertiary/aromatic N) is 6. The van der Waals surface area contributed by atoms with Crippen molar-refractivity contribution < 1.29 is 35.9 Å². The highest BCUT2D eigenvalue weighted by Gasteiger charge is 2.41. The van der Waals surface area contributed by atoms with E-state index in [1.165, 1.54) is 30.3 Å². The quantitative estimate of drug-likeness (QED) is 0.106. The molecule has 2 N–H and O–H groups in total. The van der Waals surface area contributed by atoms with Crippen molar-refractivity contribution in [3.05, 3.63) is 118 Å². The van der Waals surface area contributed by atoms with Gasteiger partial charge in [0.15, 0.2) is 10.1 Å². The van der Waals surface area contributed by atoms with Crippen LogP contribution in [0.1, 0.15) is 133 Å². The van der Waals surface area contributed by atoms with Crippen LogP contribution in [0, 0.1) is 11.8 Å². The van der Waals surface area contributed by atoms with Gasteiger partial charge in [-0.2, -0.15) is 21.8 Å². The van der Waals surface area contributed by atoms with E-state index in [-0.39, 0.29) is 61.2 Å². The molecule has 5 aromatic rings. The first-order chi connectivity index (χ1) is 32.6. The van der Waals surface area contributed by atoms with Crippen molar-refractivity contribution in [2.24, 2.45) is 11.8 Å². The fourth-order valence-electron chi connectivity index (χ4n) is 8.84. The third-order valence-electron chi connectivity index (χ3n) is 12.2. The van der Waals surface area contributed by atoms with Crippen LogP contribution in [0.15, 0.2) is 95.0 Å². The number of carbonyl (C=O) groups excluding carboxylic acids is 2. The van der Waals surface area contributed by atoms with Crippen LogP contribution in [0.4, 0.5) is 11.6 Å². The van der Waals surface area contributed by atoms with Crippen LogP contribution in [-0.4, -0.2) is 79.9 Å². The van der Waals surface area contributed by atoms with Gasteiger partial charge in [0.2, 0.25) is 5.88 Å². The predicted octanol–water partition coefficient (Wildman–Crippen LogP) is 9.10. The Bertz CT molecular complexity index is 2940. The zero-order valence-corrected chi connectivity index (χ0v) is 44.4. The van der Waals surface area contributed by atoms with E-state index in [0.717, 1.165) is 48.6 Å². The minimum Gasteiger partial charge on any atom is -0.497 e. The molecule has 6 heterocycles. The van der Waals surface area contributed by atoms with Gasteiger partial charge in [0, 0.05) is 47.0 Å². The summed E-state index contributed by atoms with van der Waals surface area (Å²) in [5.74, 6) is 1.33. The zero-order chi connectivity index (χ0) is 51.6. The third kappa shape index (κ3) is 12.7. The Labute approximate surface area is 418 Å². The van der Waals surface area contributed by atoms with Crippen molar-refractivity contribution in [1.29, 1.82) is 0 Å². The summed E-state index contributed by atoms with van der Waals surface area (Å²) in [5, 5.41) is -0.599. The lowest BCUT2D eigenvalue weighted by molar-refractivity contribution is 0.0972. The predicted molar refractivity (Wildman–Crippen MR) is 272 cm³/mol. The number of nitrogens with one attached hydrogen (secondary N) is 2. The Morgan fingerprint density at radius 2 is 1.21 bits per heavy atom. The van der Waals surface area contributed by atoms with E-state index in [4.69, 9.17) is 31.0 Å². The number of anilines is 2.